The van der Waals surface area contributed by atoms with Crippen LogP contribution in [-0.4, -0.2) is 4.98 Å². The number of thiazole rings is 1. The van der Waals surface area contributed by atoms with Gasteiger partial charge in [-0.05, 0) is 13.0 Å². The van der Waals surface area contributed by atoms with Crippen molar-refractivity contribution in [2.75, 3.05) is 5.73 Å². The molecule has 0 atom stereocenters. The summed E-state index contributed by atoms with van der Waals surface area (Å²) in [4.78, 5) is 4.73. The lowest BCUT2D eigenvalue weighted by Crippen LogP contribution is -1.84. The molecule has 0 spiro atoms. The first-order valence-corrected chi connectivity index (χ1v) is 5.26. The van der Waals surface area contributed by atoms with Crippen molar-refractivity contribution in [1.82, 2.24) is 4.98 Å². The number of anilines is 1. The van der Waals surface area contributed by atoms with E-state index in [2.05, 4.69) is 11.1 Å². The van der Waals surface area contributed by atoms with Crippen molar-refractivity contribution in [3.63, 3.8) is 0 Å². The standard InChI is InChI=1S/C11H9N3S/c1-7-3-2-4-8(5-7)10-9(6-12)15-11(13)14-10/h2-5H,1H3,(H2,13,14). The molecular formula is C11H9N3S. The van der Waals surface area contributed by atoms with Crippen LogP contribution in [0.2, 0.25) is 0 Å². The number of hydrogen-bond donors (Lipinski definition) is 1. The highest BCUT2D eigenvalue weighted by Gasteiger charge is 2.10. The molecule has 2 N–H and O–H groups in total. The molecule has 0 amide bonds. The van der Waals surface area contributed by atoms with Gasteiger partial charge in [0.1, 0.15) is 16.6 Å². The summed E-state index contributed by atoms with van der Waals surface area (Å²) in [6.45, 7) is 2.01. The monoisotopic (exact) mass is 215 g/mol. The second-order valence-corrected chi connectivity index (χ2v) is 4.24. The highest BCUT2D eigenvalue weighted by molar-refractivity contribution is 7.16. The van der Waals surface area contributed by atoms with E-state index >= 15 is 0 Å². The van der Waals surface area contributed by atoms with Crippen LogP contribution in [-0.2, 0) is 0 Å². The van der Waals surface area contributed by atoms with Gasteiger partial charge in [-0.2, -0.15) is 5.26 Å². The molecule has 3 nitrogen and oxygen atoms in total. The van der Waals surface area contributed by atoms with E-state index in [4.69, 9.17) is 11.0 Å². The first-order chi connectivity index (χ1) is 7.20. The third-order valence-electron chi connectivity index (χ3n) is 2.04. The van der Waals surface area contributed by atoms with Gasteiger partial charge in [0, 0.05) is 5.56 Å². The largest absolute Gasteiger partial charge is 0.375 e. The Kier molecular flexibility index (Phi) is 2.40. The molecule has 1 aromatic carbocycles. The number of rotatable bonds is 1. The lowest BCUT2D eigenvalue weighted by Gasteiger charge is -1.98. The van der Waals surface area contributed by atoms with E-state index < -0.39 is 0 Å². The molecular weight excluding hydrogens is 206 g/mol. The van der Waals surface area contributed by atoms with E-state index in [1.54, 1.807) is 0 Å². The van der Waals surface area contributed by atoms with Crippen LogP contribution in [0.3, 0.4) is 0 Å². The number of benzene rings is 1. The van der Waals surface area contributed by atoms with E-state index in [1.165, 1.54) is 11.3 Å². The smallest absolute Gasteiger partial charge is 0.181 e. The third kappa shape index (κ3) is 1.83. The molecule has 0 aliphatic carbocycles. The Morgan fingerprint density at radius 1 is 1.47 bits per heavy atom. The quantitative estimate of drug-likeness (QED) is 0.795. The fraction of sp³-hybridized carbons (Fsp3) is 0.0909. The highest BCUT2D eigenvalue weighted by Crippen LogP contribution is 2.29. The maximum Gasteiger partial charge on any atom is 0.181 e. The van der Waals surface area contributed by atoms with Gasteiger partial charge >= 0.3 is 0 Å². The van der Waals surface area contributed by atoms with Gasteiger partial charge in [-0.15, -0.1) is 0 Å². The summed E-state index contributed by atoms with van der Waals surface area (Å²) in [5.74, 6) is 0. The molecule has 15 heavy (non-hydrogen) atoms. The predicted octanol–water partition coefficient (Wildman–Crippen LogP) is 2.57. The summed E-state index contributed by atoms with van der Waals surface area (Å²) >= 11 is 1.22. The first kappa shape index (κ1) is 9.69. The summed E-state index contributed by atoms with van der Waals surface area (Å²) in [5, 5.41) is 9.36. The summed E-state index contributed by atoms with van der Waals surface area (Å²) < 4.78 is 0. The zero-order valence-electron chi connectivity index (χ0n) is 8.19. The lowest BCUT2D eigenvalue weighted by atomic mass is 10.1. The summed E-state index contributed by atoms with van der Waals surface area (Å²) in [6, 6.07) is 9.99. The molecule has 0 unspecified atom stereocenters. The molecule has 0 aliphatic rings. The molecule has 2 rings (SSSR count). The molecule has 0 saturated heterocycles. The van der Waals surface area contributed by atoms with Crippen molar-refractivity contribution in [2.24, 2.45) is 0 Å². The van der Waals surface area contributed by atoms with Crippen LogP contribution in [0.1, 0.15) is 10.4 Å². The number of nitrogens with two attached hydrogens (primary N) is 1. The van der Waals surface area contributed by atoms with E-state index in [9.17, 15) is 0 Å². The fourth-order valence-corrected chi connectivity index (χ4v) is 2.05. The molecule has 2 aromatic rings. The molecule has 4 heteroatoms. The number of nitriles is 1. The Hall–Kier alpha value is -1.86. The lowest BCUT2D eigenvalue weighted by molar-refractivity contribution is 1.38. The fourth-order valence-electron chi connectivity index (χ4n) is 1.40. The van der Waals surface area contributed by atoms with E-state index in [1.807, 2.05) is 31.2 Å². The third-order valence-corrected chi connectivity index (χ3v) is 2.83. The minimum Gasteiger partial charge on any atom is -0.375 e. The van der Waals surface area contributed by atoms with Crippen LogP contribution in [0, 0.1) is 18.3 Å². The minimum absolute atomic E-state index is 0.433. The Morgan fingerprint density at radius 3 is 2.93 bits per heavy atom. The molecule has 0 saturated carbocycles. The van der Waals surface area contributed by atoms with Crippen LogP contribution in [0.4, 0.5) is 5.13 Å². The van der Waals surface area contributed by atoms with Gasteiger partial charge in [-0.3, -0.25) is 0 Å². The van der Waals surface area contributed by atoms with Crippen molar-refractivity contribution in [2.45, 2.75) is 6.92 Å². The molecule has 1 aromatic heterocycles. The number of aromatic nitrogens is 1. The number of aryl methyl sites for hydroxylation is 1. The van der Waals surface area contributed by atoms with Gasteiger partial charge in [-0.1, -0.05) is 35.1 Å². The van der Waals surface area contributed by atoms with Crippen molar-refractivity contribution in [3.05, 3.63) is 34.7 Å². The Labute approximate surface area is 91.8 Å². The van der Waals surface area contributed by atoms with E-state index in [0.717, 1.165) is 11.1 Å². The molecule has 74 valence electrons. The molecule has 1 heterocycles. The molecule has 0 aliphatic heterocycles. The minimum atomic E-state index is 0.433. The summed E-state index contributed by atoms with van der Waals surface area (Å²) in [5.41, 5.74) is 8.36. The average molecular weight is 215 g/mol. The van der Waals surface area contributed by atoms with Gasteiger partial charge < -0.3 is 5.73 Å². The van der Waals surface area contributed by atoms with Gasteiger partial charge in [0.05, 0.1) is 0 Å². The zero-order valence-corrected chi connectivity index (χ0v) is 9.01. The van der Waals surface area contributed by atoms with Crippen LogP contribution < -0.4 is 5.73 Å². The first-order valence-electron chi connectivity index (χ1n) is 4.44. The maximum atomic E-state index is 8.93. The van der Waals surface area contributed by atoms with Crippen molar-refractivity contribution in [1.29, 1.82) is 5.26 Å². The van der Waals surface area contributed by atoms with Crippen LogP contribution in [0.15, 0.2) is 24.3 Å². The Morgan fingerprint density at radius 2 is 2.27 bits per heavy atom. The van der Waals surface area contributed by atoms with E-state index in [0.29, 0.717) is 15.7 Å². The SMILES string of the molecule is Cc1cccc(-c2nc(N)sc2C#N)c1. The zero-order chi connectivity index (χ0) is 10.8. The Balaban J connectivity index is 2.59. The second kappa shape index (κ2) is 3.71. The van der Waals surface area contributed by atoms with Crippen LogP contribution in [0.5, 0.6) is 0 Å². The predicted molar refractivity (Wildman–Crippen MR) is 61.4 cm³/mol. The highest BCUT2D eigenvalue weighted by atomic mass is 32.1. The van der Waals surface area contributed by atoms with Gasteiger partial charge in [-0.25, -0.2) is 4.98 Å². The van der Waals surface area contributed by atoms with Gasteiger partial charge in [0.2, 0.25) is 0 Å². The second-order valence-electron chi connectivity index (χ2n) is 3.21. The number of nitrogens with zero attached hydrogens (tertiary/aromatic N) is 2. The maximum absolute atomic E-state index is 8.93. The van der Waals surface area contributed by atoms with Gasteiger partial charge in [0.15, 0.2) is 5.13 Å². The number of hydrogen-bond acceptors (Lipinski definition) is 4. The topological polar surface area (TPSA) is 62.7 Å². The molecule has 0 bridgehead atoms. The Bertz CT molecular complexity index is 537. The van der Waals surface area contributed by atoms with Gasteiger partial charge in [0.25, 0.3) is 0 Å². The number of nitrogen functional groups attached to an aromatic ring is 1. The van der Waals surface area contributed by atoms with Crippen LogP contribution >= 0.6 is 11.3 Å². The van der Waals surface area contributed by atoms with E-state index in [-0.39, 0.29) is 0 Å². The summed E-state index contributed by atoms with van der Waals surface area (Å²) in [6.07, 6.45) is 0. The summed E-state index contributed by atoms with van der Waals surface area (Å²) in [7, 11) is 0. The molecule has 0 fully saturated rings. The molecule has 0 radical (unpaired) electrons. The van der Waals surface area contributed by atoms with Crippen molar-refractivity contribution < 1.29 is 0 Å². The van der Waals surface area contributed by atoms with Crippen molar-refractivity contribution in [3.8, 4) is 17.3 Å². The normalized spacial score (nSPS) is 9.87. The van der Waals surface area contributed by atoms with Crippen molar-refractivity contribution >= 4 is 16.5 Å². The van der Waals surface area contributed by atoms with Crippen LogP contribution in [0.25, 0.3) is 11.3 Å². The average Bonchev–Trinajstić information content (AvgIpc) is 2.59.